The summed E-state index contributed by atoms with van der Waals surface area (Å²) in [5.74, 6) is -1.30. The number of rotatable bonds is 5. The minimum absolute atomic E-state index is 0.00885. The smallest absolute Gasteiger partial charge is 0.374 e. The fourth-order valence-corrected chi connectivity index (χ4v) is 2.08. The third-order valence-electron chi connectivity index (χ3n) is 3.17. The third kappa shape index (κ3) is 3.42. The first-order valence-electron chi connectivity index (χ1n) is 6.86. The Kier molecular flexibility index (Phi) is 5.19. The van der Waals surface area contributed by atoms with Crippen LogP contribution in [-0.4, -0.2) is 33.2 Å². The molecule has 0 radical (unpaired) electrons. The fourth-order valence-electron chi connectivity index (χ4n) is 2.08. The van der Waals surface area contributed by atoms with Crippen LogP contribution < -0.4 is 5.32 Å². The zero-order valence-electron chi connectivity index (χ0n) is 13.1. The quantitative estimate of drug-likeness (QED) is 0.854. The molecule has 2 rings (SSSR count). The predicted molar refractivity (Wildman–Crippen MR) is 86.3 cm³/mol. The van der Waals surface area contributed by atoms with Crippen LogP contribution >= 0.6 is 0 Å². The molecule has 0 saturated heterocycles. The monoisotopic (exact) mass is 315 g/mol. The van der Waals surface area contributed by atoms with E-state index in [-0.39, 0.29) is 11.3 Å². The molecule has 1 aromatic heterocycles. The Morgan fingerprint density at radius 1 is 1.04 bits per heavy atom. The summed E-state index contributed by atoms with van der Waals surface area (Å²) < 4.78 is 14.9. The van der Waals surface area contributed by atoms with Gasteiger partial charge in [0.15, 0.2) is 5.76 Å². The van der Waals surface area contributed by atoms with Crippen molar-refractivity contribution in [2.75, 3.05) is 26.6 Å². The molecule has 6 nitrogen and oxygen atoms in total. The summed E-state index contributed by atoms with van der Waals surface area (Å²) in [6.45, 7) is 0. The van der Waals surface area contributed by atoms with E-state index in [0.717, 1.165) is 5.56 Å². The third-order valence-corrected chi connectivity index (χ3v) is 3.17. The molecule has 1 heterocycles. The Balaban J connectivity index is 2.51. The van der Waals surface area contributed by atoms with Crippen LogP contribution in [0.1, 0.15) is 32.2 Å². The van der Waals surface area contributed by atoms with E-state index in [1.54, 1.807) is 13.1 Å². The molecule has 0 bridgehead atoms. The second kappa shape index (κ2) is 7.31. The number of methoxy groups -OCH3 is 2. The number of carbonyl (C=O) groups excluding carboxylic acids is 2. The molecule has 6 heteroatoms. The zero-order chi connectivity index (χ0) is 16.8. The Morgan fingerprint density at radius 2 is 1.70 bits per heavy atom. The number of hydrogen-bond donors (Lipinski definition) is 1. The van der Waals surface area contributed by atoms with Crippen molar-refractivity contribution in [1.82, 2.24) is 0 Å². The highest BCUT2D eigenvalue weighted by Crippen LogP contribution is 2.31. The van der Waals surface area contributed by atoms with Crippen molar-refractivity contribution in [2.24, 2.45) is 0 Å². The predicted octanol–water partition coefficient (Wildman–Crippen LogP) is 3.06. The number of benzene rings is 1. The van der Waals surface area contributed by atoms with E-state index >= 15 is 0 Å². The van der Waals surface area contributed by atoms with Crippen molar-refractivity contribution in [2.45, 2.75) is 0 Å². The molecule has 120 valence electrons. The topological polar surface area (TPSA) is 77.8 Å². The first kappa shape index (κ1) is 16.4. The van der Waals surface area contributed by atoms with Gasteiger partial charge in [0.1, 0.15) is 5.56 Å². The van der Waals surface area contributed by atoms with Crippen LogP contribution in [0.3, 0.4) is 0 Å². The molecule has 2 aromatic rings. The second-order valence-corrected chi connectivity index (χ2v) is 4.52. The lowest BCUT2D eigenvalue weighted by Crippen LogP contribution is -2.11. The van der Waals surface area contributed by atoms with Gasteiger partial charge in [-0.3, -0.25) is 0 Å². The highest BCUT2D eigenvalue weighted by molar-refractivity contribution is 6.07. The molecular weight excluding hydrogens is 298 g/mol. The zero-order valence-corrected chi connectivity index (χ0v) is 13.1. The van der Waals surface area contributed by atoms with Crippen LogP contribution in [-0.2, 0) is 9.47 Å². The maximum atomic E-state index is 12.0. The summed E-state index contributed by atoms with van der Waals surface area (Å²) in [5, 5.41) is 2.86. The molecule has 1 N–H and O–H groups in total. The molecular formula is C17H17NO5. The van der Waals surface area contributed by atoms with Crippen molar-refractivity contribution < 1.29 is 23.5 Å². The van der Waals surface area contributed by atoms with Gasteiger partial charge in [-0.25, -0.2) is 9.59 Å². The molecule has 0 aliphatic rings. The Hall–Kier alpha value is -3.02. The van der Waals surface area contributed by atoms with Crippen molar-refractivity contribution in [3.8, 4) is 0 Å². The molecule has 0 aliphatic carbocycles. The van der Waals surface area contributed by atoms with Gasteiger partial charge in [-0.15, -0.1) is 0 Å². The van der Waals surface area contributed by atoms with Crippen molar-refractivity contribution >= 4 is 29.8 Å². The average molecular weight is 315 g/mol. The van der Waals surface area contributed by atoms with E-state index in [9.17, 15) is 9.59 Å². The number of hydrogen-bond acceptors (Lipinski definition) is 6. The second-order valence-electron chi connectivity index (χ2n) is 4.52. The van der Waals surface area contributed by atoms with Gasteiger partial charge in [0, 0.05) is 7.05 Å². The van der Waals surface area contributed by atoms with E-state index in [1.807, 2.05) is 36.4 Å². The van der Waals surface area contributed by atoms with Crippen LogP contribution in [0.25, 0.3) is 12.2 Å². The van der Waals surface area contributed by atoms with Crippen molar-refractivity contribution in [1.29, 1.82) is 0 Å². The molecule has 0 amide bonds. The largest absolute Gasteiger partial charge is 0.465 e. The first-order chi connectivity index (χ1) is 11.1. The standard InChI is InChI=1S/C17H17NO5/c1-18-14-12(10-9-11-7-5-4-6-8-11)23-15(17(20)22-3)13(14)16(19)21-2/h4-10,18H,1-3H3/b10-9+. The van der Waals surface area contributed by atoms with Crippen LogP contribution in [0.4, 0.5) is 5.69 Å². The van der Waals surface area contributed by atoms with Crippen molar-refractivity contribution in [3.05, 3.63) is 53.0 Å². The lowest BCUT2D eigenvalue weighted by atomic mass is 10.1. The summed E-state index contributed by atoms with van der Waals surface area (Å²) >= 11 is 0. The molecule has 0 spiro atoms. The minimum atomic E-state index is -0.749. The number of nitrogens with one attached hydrogen (secondary N) is 1. The maximum absolute atomic E-state index is 12.0. The normalized spacial score (nSPS) is 10.6. The van der Waals surface area contributed by atoms with Gasteiger partial charge in [-0.05, 0) is 11.6 Å². The molecule has 0 fully saturated rings. The van der Waals surface area contributed by atoms with Gasteiger partial charge in [-0.2, -0.15) is 0 Å². The van der Waals surface area contributed by atoms with E-state index < -0.39 is 11.9 Å². The van der Waals surface area contributed by atoms with Gasteiger partial charge in [0.05, 0.1) is 19.9 Å². The van der Waals surface area contributed by atoms with Gasteiger partial charge in [0.25, 0.3) is 0 Å². The lowest BCUT2D eigenvalue weighted by Gasteiger charge is -2.02. The van der Waals surface area contributed by atoms with Gasteiger partial charge in [-0.1, -0.05) is 36.4 Å². The fraction of sp³-hybridized carbons (Fsp3) is 0.176. The molecule has 1 aromatic carbocycles. The van der Waals surface area contributed by atoms with Crippen molar-refractivity contribution in [3.63, 3.8) is 0 Å². The van der Waals surface area contributed by atoms with E-state index in [2.05, 4.69) is 10.1 Å². The Morgan fingerprint density at radius 3 is 2.26 bits per heavy atom. The highest BCUT2D eigenvalue weighted by Gasteiger charge is 2.29. The number of carbonyl (C=O) groups is 2. The summed E-state index contributed by atoms with van der Waals surface area (Å²) in [6, 6.07) is 9.55. The summed E-state index contributed by atoms with van der Waals surface area (Å²) in [4.78, 5) is 23.8. The highest BCUT2D eigenvalue weighted by atomic mass is 16.5. The van der Waals surface area contributed by atoms with Crippen LogP contribution in [0.15, 0.2) is 34.7 Å². The number of esters is 2. The summed E-state index contributed by atoms with van der Waals surface area (Å²) in [6.07, 6.45) is 3.47. The van der Waals surface area contributed by atoms with Crippen LogP contribution in [0.2, 0.25) is 0 Å². The van der Waals surface area contributed by atoms with E-state index in [0.29, 0.717) is 11.4 Å². The molecule has 0 saturated carbocycles. The minimum Gasteiger partial charge on any atom is -0.465 e. The van der Waals surface area contributed by atoms with Gasteiger partial charge in [0.2, 0.25) is 5.76 Å². The van der Waals surface area contributed by atoms with E-state index in [1.165, 1.54) is 14.2 Å². The number of anilines is 1. The number of furan rings is 1. The number of ether oxygens (including phenoxy) is 2. The summed E-state index contributed by atoms with van der Waals surface area (Å²) in [7, 11) is 4.07. The molecule has 0 unspecified atom stereocenters. The average Bonchev–Trinajstić information content (AvgIpc) is 2.98. The van der Waals surface area contributed by atoms with E-state index in [4.69, 9.17) is 9.15 Å². The van der Waals surface area contributed by atoms with Gasteiger partial charge >= 0.3 is 11.9 Å². The molecule has 0 atom stereocenters. The first-order valence-corrected chi connectivity index (χ1v) is 6.86. The van der Waals surface area contributed by atoms with Gasteiger partial charge < -0.3 is 19.2 Å². The Bertz CT molecular complexity index is 731. The van der Waals surface area contributed by atoms with Crippen LogP contribution in [0.5, 0.6) is 0 Å². The SMILES string of the molecule is CNc1c(/C=C/c2ccccc2)oc(C(=O)OC)c1C(=O)OC. The Labute approximate surface area is 133 Å². The molecule has 23 heavy (non-hydrogen) atoms. The van der Waals surface area contributed by atoms with Crippen LogP contribution in [0, 0.1) is 0 Å². The summed E-state index contributed by atoms with van der Waals surface area (Å²) in [5.41, 5.74) is 1.32. The lowest BCUT2D eigenvalue weighted by molar-refractivity contribution is 0.0528. The molecule has 0 aliphatic heterocycles. The maximum Gasteiger partial charge on any atom is 0.374 e.